The lowest BCUT2D eigenvalue weighted by atomic mass is 10.00. The number of hydrogen-bond acceptors (Lipinski definition) is 2. The van der Waals surface area contributed by atoms with Gasteiger partial charge in [0.15, 0.2) is 0 Å². The average Bonchev–Trinajstić information content (AvgIpc) is 2.42. The van der Waals surface area contributed by atoms with Crippen molar-refractivity contribution >= 4 is 10.8 Å². The fourth-order valence-corrected chi connectivity index (χ4v) is 2.45. The minimum atomic E-state index is 0.397. The van der Waals surface area contributed by atoms with Gasteiger partial charge in [0, 0.05) is 6.04 Å². The molecule has 0 radical (unpaired) electrons. The van der Waals surface area contributed by atoms with Gasteiger partial charge in [0.1, 0.15) is 0 Å². The Morgan fingerprint density at radius 3 is 2.58 bits per heavy atom. The summed E-state index contributed by atoms with van der Waals surface area (Å²) in [6.07, 6.45) is 1.18. The summed E-state index contributed by atoms with van der Waals surface area (Å²) >= 11 is 0. The quantitative estimate of drug-likeness (QED) is 0.796. The molecule has 0 aliphatic heterocycles. The molecular weight excluding hydrogens is 232 g/mol. The van der Waals surface area contributed by atoms with Crippen LogP contribution in [0.3, 0.4) is 0 Å². The topological polar surface area (TPSA) is 15.3 Å². The van der Waals surface area contributed by atoms with Crippen LogP contribution in [0.4, 0.5) is 0 Å². The van der Waals surface area contributed by atoms with E-state index in [1.54, 1.807) is 0 Å². The Morgan fingerprint density at radius 2 is 1.79 bits per heavy atom. The second-order valence-electron chi connectivity index (χ2n) is 5.40. The smallest absolute Gasteiger partial charge is 0.0297 e. The highest BCUT2D eigenvalue weighted by atomic mass is 15.1. The van der Waals surface area contributed by atoms with Crippen molar-refractivity contribution in [2.75, 3.05) is 27.2 Å². The molecule has 0 aromatic heterocycles. The number of nitrogens with zero attached hydrogens (tertiary/aromatic N) is 1. The number of rotatable bonds is 6. The number of hydrogen-bond donors (Lipinski definition) is 1. The predicted octanol–water partition coefficient (Wildman–Crippen LogP) is 3.44. The van der Waals surface area contributed by atoms with Crippen LogP contribution in [0.1, 0.15) is 24.9 Å². The van der Waals surface area contributed by atoms with Crippen molar-refractivity contribution in [2.24, 2.45) is 0 Å². The minimum absolute atomic E-state index is 0.397. The Kier molecular flexibility index (Phi) is 4.94. The number of fused-ring (bicyclic) bond motifs is 1. The first-order valence-electron chi connectivity index (χ1n) is 7.04. The first kappa shape index (κ1) is 14.0. The first-order valence-corrected chi connectivity index (χ1v) is 7.04. The molecule has 0 heterocycles. The van der Waals surface area contributed by atoms with E-state index in [1.807, 2.05) is 0 Å². The highest BCUT2D eigenvalue weighted by Gasteiger charge is 2.07. The summed E-state index contributed by atoms with van der Waals surface area (Å²) in [4.78, 5) is 2.23. The lowest BCUT2D eigenvalue weighted by Gasteiger charge is -2.17. The summed E-state index contributed by atoms with van der Waals surface area (Å²) < 4.78 is 0. The van der Waals surface area contributed by atoms with E-state index < -0.39 is 0 Å². The maximum Gasteiger partial charge on any atom is 0.0297 e. The fraction of sp³-hybridized carbons (Fsp3) is 0.412. The van der Waals surface area contributed by atoms with Crippen molar-refractivity contribution in [2.45, 2.75) is 19.4 Å². The van der Waals surface area contributed by atoms with E-state index in [0.29, 0.717) is 6.04 Å². The third-order valence-corrected chi connectivity index (χ3v) is 3.52. The van der Waals surface area contributed by atoms with Crippen LogP contribution in [-0.4, -0.2) is 32.1 Å². The maximum atomic E-state index is 3.62. The molecule has 0 saturated carbocycles. The molecule has 2 aromatic carbocycles. The molecule has 0 aliphatic rings. The highest BCUT2D eigenvalue weighted by Crippen LogP contribution is 2.23. The van der Waals surface area contributed by atoms with Crippen molar-refractivity contribution < 1.29 is 0 Å². The summed E-state index contributed by atoms with van der Waals surface area (Å²) in [5.41, 5.74) is 1.39. The zero-order valence-corrected chi connectivity index (χ0v) is 12.2. The molecule has 0 spiro atoms. The third kappa shape index (κ3) is 3.79. The van der Waals surface area contributed by atoms with Crippen molar-refractivity contribution in [3.05, 3.63) is 48.0 Å². The highest BCUT2D eigenvalue weighted by molar-refractivity contribution is 5.86. The van der Waals surface area contributed by atoms with Crippen molar-refractivity contribution in [1.29, 1.82) is 0 Å². The number of nitrogens with one attached hydrogen (secondary N) is 1. The van der Waals surface area contributed by atoms with Gasteiger partial charge in [-0.25, -0.2) is 0 Å². The first-order chi connectivity index (χ1) is 9.18. The Morgan fingerprint density at radius 1 is 1.05 bits per heavy atom. The van der Waals surface area contributed by atoms with Crippen LogP contribution in [0.15, 0.2) is 42.5 Å². The van der Waals surface area contributed by atoms with Crippen LogP contribution < -0.4 is 5.32 Å². The molecule has 2 heteroatoms. The zero-order valence-electron chi connectivity index (χ0n) is 12.2. The molecular formula is C17H24N2. The predicted molar refractivity (Wildman–Crippen MR) is 83.5 cm³/mol. The molecule has 19 heavy (non-hydrogen) atoms. The van der Waals surface area contributed by atoms with Gasteiger partial charge in [-0.15, -0.1) is 0 Å². The van der Waals surface area contributed by atoms with E-state index in [-0.39, 0.29) is 0 Å². The van der Waals surface area contributed by atoms with Gasteiger partial charge >= 0.3 is 0 Å². The standard InChI is InChI=1S/C17H24N2/c1-14(18-12-7-13-19(2)3)16-11-6-9-15-8-4-5-10-17(15)16/h4-6,8-11,14,18H,7,12-13H2,1-3H3/t14-/m0/s1. The Bertz CT molecular complexity index is 514. The average molecular weight is 256 g/mol. The summed E-state index contributed by atoms with van der Waals surface area (Å²) in [5, 5.41) is 6.30. The van der Waals surface area contributed by atoms with Gasteiger partial charge in [0.05, 0.1) is 0 Å². The van der Waals surface area contributed by atoms with Crippen LogP contribution in [-0.2, 0) is 0 Å². The molecule has 2 rings (SSSR count). The van der Waals surface area contributed by atoms with E-state index in [0.717, 1.165) is 13.1 Å². The largest absolute Gasteiger partial charge is 0.310 e. The van der Waals surface area contributed by atoms with Gasteiger partial charge in [-0.3, -0.25) is 0 Å². The Labute approximate surface area is 116 Å². The fourth-order valence-electron chi connectivity index (χ4n) is 2.45. The van der Waals surface area contributed by atoms with Crippen LogP contribution in [0.2, 0.25) is 0 Å². The van der Waals surface area contributed by atoms with Gasteiger partial charge in [-0.1, -0.05) is 42.5 Å². The summed E-state index contributed by atoms with van der Waals surface area (Å²) in [7, 11) is 4.24. The molecule has 1 atom stereocenters. The van der Waals surface area contributed by atoms with Crippen molar-refractivity contribution in [3.8, 4) is 0 Å². The zero-order chi connectivity index (χ0) is 13.7. The molecule has 0 fully saturated rings. The molecule has 2 nitrogen and oxygen atoms in total. The minimum Gasteiger partial charge on any atom is -0.310 e. The number of benzene rings is 2. The van der Waals surface area contributed by atoms with Crippen LogP contribution in [0.5, 0.6) is 0 Å². The van der Waals surface area contributed by atoms with Gasteiger partial charge in [0.25, 0.3) is 0 Å². The van der Waals surface area contributed by atoms with Crippen LogP contribution >= 0.6 is 0 Å². The Hall–Kier alpha value is -1.38. The molecule has 2 aromatic rings. The SMILES string of the molecule is C[C@H](NCCCN(C)C)c1cccc2ccccc12. The molecule has 0 amide bonds. The summed E-state index contributed by atoms with van der Waals surface area (Å²) in [5.74, 6) is 0. The summed E-state index contributed by atoms with van der Waals surface area (Å²) in [6, 6.07) is 15.6. The van der Waals surface area contributed by atoms with Crippen LogP contribution in [0.25, 0.3) is 10.8 Å². The van der Waals surface area contributed by atoms with Gasteiger partial charge in [-0.2, -0.15) is 0 Å². The van der Waals surface area contributed by atoms with Crippen LogP contribution in [0, 0.1) is 0 Å². The van der Waals surface area contributed by atoms with Gasteiger partial charge in [0.2, 0.25) is 0 Å². The molecule has 0 bridgehead atoms. The van der Waals surface area contributed by atoms with E-state index in [9.17, 15) is 0 Å². The third-order valence-electron chi connectivity index (χ3n) is 3.52. The van der Waals surface area contributed by atoms with E-state index in [4.69, 9.17) is 0 Å². The molecule has 0 saturated heterocycles. The molecule has 1 N–H and O–H groups in total. The lowest BCUT2D eigenvalue weighted by molar-refractivity contribution is 0.389. The van der Waals surface area contributed by atoms with Crippen molar-refractivity contribution in [3.63, 3.8) is 0 Å². The van der Waals surface area contributed by atoms with E-state index in [2.05, 4.69) is 73.7 Å². The van der Waals surface area contributed by atoms with E-state index >= 15 is 0 Å². The maximum absolute atomic E-state index is 3.62. The van der Waals surface area contributed by atoms with Gasteiger partial charge in [-0.05, 0) is 56.9 Å². The molecule has 0 aliphatic carbocycles. The normalized spacial score (nSPS) is 13.1. The molecule has 0 unspecified atom stereocenters. The van der Waals surface area contributed by atoms with Gasteiger partial charge < -0.3 is 10.2 Å². The van der Waals surface area contributed by atoms with Crippen molar-refractivity contribution in [1.82, 2.24) is 10.2 Å². The monoisotopic (exact) mass is 256 g/mol. The second kappa shape index (κ2) is 6.69. The summed E-state index contributed by atoms with van der Waals surface area (Å²) in [6.45, 7) is 4.44. The molecule has 102 valence electrons. The lowest BCUT2D eigenvalue weighted by Crippen LogP contribution is -2.23. The van der Waals surface area contributed by atoms with E-state index in [1.165, 1.54) is 22.8 Å². The second-order valence-corrected chi connectivity index (χ2v) is 5.40. The Balaban J connectivity index is 2.03.